The van der Waals surface area contributed by atoms with E-state index >= 15 is 0 Å². The van der Waals surface area contributed by atoms with Gasteiger partial charge in [0.15, 0.2) is 0 Å². The number of carbonyl (C=O) groups is 2. The summed E-state index contributed by atoms with van der Waals surface area (Å²) in [5.41, 5.74) is 4.28. The molecule has 0 radical (unpaired) electrons. The van der Waals surface area contributed by atoms with Crippen LogP contribution in [0.2, 0.25) is 10.0 Å². The van der Waals surface area contributed by atoms with Crippen molar-refractivity contribution in [2.75, 3.05) is 17.4 Å². The van der Waals surface area contributed by atoms with Gasteiger partial charge in [-0.05, 0) is 80.3 Å². The number of aryl methyl sites for hydroxylation is 2. The van der Waals surface area contributed by atoms with Crippen LogP contribution in [0.1, 0.15) is 34.7 Å². The lowest BCUT2D eigenvalue weighted by Gasteiger charge is -2.34. The number of anilines is 1. The predicted molar refractivity (Wildman–Crippen MR) is 181 cm³/mol. The SMILES string of the molecule is CCNC(=O)[C@H](Cc1ccccc1)N(Cc1ccc(Cl)cc1Cl)C(=O)CN(c1cccc(C)c1C)S(=O)(=O)c1ccc(C)cc1. The second-order valence-electron chi connectivity index (χ2n) is 10.9. The Morgan fingerprint density at radius 1 is 0.867 bits per heavy atom. The van der Waals surface area contributed by atoms with E-state index in [2.05, 4.69) is 5.32 Å². The van der Waals surface area contributed by atoms with Crippen LogP contribution < -0.4 is 9.62 Å². The van der Waals surface area contributed by atoms with Crippen molar-refractivity contribution in [1.29, 1.82) is 0 Å². The van der Waals surface area contributed by atoms with E-state index in [9.17, 15) is 18.0 Å². The zero-order chi connectivity index (χ0) is 32.7. The highest BCUT2D eigenvalue weighted by atomic mass is 35.5. The molecule has 45 heavy (non-hydrogen) atoms. The third-order valence-corrected chi connectivity index (χ3v) is 10.1. The highest BCUT2D eigenvalue weighted by Crippen LogP contribution is 2.30. The average molecular weight is 667 g/mol. The van der Waals surface area contributed by atoms with Gasteiger partial charge >= 0.3 is 0 Å². The second kappa shape index (κ2) is 15.0. The number of nitrogens with zero attached hydrogens (tertiary/aromatic N) is 2. The summed E-state index contributed by atoms with van der Waals surface area (Å²) < 4.78 is 29.6. The van der Waals surface area contributed by atoms with Crippen molar-refractivity contribution in [3.05, 3.63) is 129 Å². The topological polar surface area (TPSA) is 86.8 Å². The summed E-state index contributed by atoms with van der Waals surface area (Å²) in [6.07, 6.45) is 0.206. The van der Waals surface area contributed by atoms with Gasteiger partial charge in [-0.15, -0.1) is 0 Å². The second-order valence-corrected chi connectivity index (χ2v) is 13.6. The molecule has 0 heterocycles. The van der Waals surface area contributed by atoms with Crippen LogP contribution in [-0.4, -0.2) is 44.3 Å². The van der Waals surface area contributed by atoms with Crippen LogP contribution in [0, 0.1) is 20.8 Å². The lowest BCUT2D eigenvalue weighted by molar-refractivity contribution is -0.140. The Morgan fingerprint density at radius 2 is 1.56 bits per heavy atom. The van der Waals surface area contributed by atoms with Gasteiger partial charge in [-0.25, -0.2) is 8.42 Å². The monoisotopic (exact) mass is 665 g/mol. The molecule has 0 aliphatic heterocycles. The number of likely N-dealkylation sites (N-methyl/N-ethyl adjacent to an activating group) is 1. The molecule has 4 aromatic carbocycles. The highest BCUT2D eigenvalue weighted by molar-refractivity contribution is 7.92. The third kappa shape index (κ3) is 8.25. The molecule has 0 aliphatic carbocycles. The van der Waals surface area contributed by atoms with Crippen LogP contribution >= 0.6 is 23.2 Å². The number of carbonyl (C=O) groups excluding carboxylic acids is 2. The summed E-state index contributed by atoms with van der Waals surface area (Å²) in [7, 11) is -4.20. The van der Waals surface area contributed by atoms with Crippen molar-refractivity contribution in [3.8, 4) is 0 Å². The molecule has 0 aliphatic rings. The van der Waals surface area contributed by atoms with Gasteiger partial charge in [-0.1, -0.05) is 89.4 Å². The number of halogens is 2. The number of rotatable bonds is 12. The summed E-state index contributed by atoms with van der Waals surface area (Å²) in [4.78, 5) is 29.7. The van der Waals surface area contributed by atoms with E-state index in [-0.39, 0.29) is 23.8 Å². The Kier molecular flexibility index (Phi) is 11.3. The average Bonchev–Trinajstić information content (AvgIpc) is 3.01. The molecule has 7 nitrogen and oxygen atoms in total. The summed E-state index contributed by atoms with van der Waals surface area (Å²) in [6, 6.07) is 25.2. The van der Waals surface area contributed by atoms with E-state index < -0.39 is 28.5 Å². The molecule has 0 unspecified atom stereocenters. The molecule has 1 N–H and O–H groups in total. The van der Waals surface area contributed by atoms with Gasteiger partial charge in [0.2, 0.25) is 11.8 Å². The van der Waals surface area contributed by atoms with E-state index in [4.69, 9.17) is 23.2 Å². The van der Waals surface area contributed by atoms with Gasteiger partial charge < -0.3 is 10.2 Å². The normalized spacial score (nSPS) is 12.0. The highest BCUT2D eigenvalue weighted by Gasteiger charge is 2.35. The fourth-order valence-electron chi connectivity index (χ4n) is 5.04. The molecule has 1 atom stereocenters. The predicted octanol–water partition coefficient (Wildman–Crippen LogP) is 6.89. The van der Waals surface area contributed by atoms with Gasteiger partial charge in [0.25, 0.3) is 10.0 Å². The van der Waals surface area contributed by atoms with Crippen LogP contribution in [0.25, 0.3) is 0 Å². The van der Waals surface area contributed by atoms with Crippen LogP contribution in [0.5, 0.6) is 0 Å². The minimum atomic E-state index is -4.20. The Bertz CT molecular complexity index is 1760. The van der Waals surface area contributed by atoms with Crippen molar-refractivity contribution < 1.29 is 18.0 Å². The summed E-state index contributed by atoms with van der Waals surface area (Å²) in [5, 5.41) is 3.61. The Labute approximate surface area is 275 Å². The zero-order valence-corrected chi connectivity index (χ0v) is 28.1. The fourth-order valence-corrected chi connectivity index (χ4v) is 6.98. The van der Waals surface area contributed by atoms with Crippen molar-refractivity contribution in [2.45, 2.75) is 51.6 Å². The smallest absolute Gasteiger partial charge is 0.264 e. The van der Waals surface area contributed by atoms with Crippen molar-refractivity contribution in [2.24, 2.45) is 0 Å². The number of sulfonamides is 1. The summed E-state index contributed by atoms with van der Waals surface area (Å²) in [6.45, 7) is 7.14. The van der Waals surface area contributed by atoms with Crippen LogP contribution in [0.4, 0.5) is 5.69 Å². The molecule has 10 heteroatoms. The van der Waals surface area contributed by atoms with Crippen LogP contribution in [0.3, 0.4) is 0 Å². The molecule has 2 amide bonds. The maximum absolute atomic E-state index is 14.5. The molecule has 0 saturated heterocycles. The number of hydrogen-bond donors (Lipinski definition) is 1. The lowest BCUT2D eigenvalue weighted by Crippen LogP contribution is -2.53. The molecule has 4 rings (SSSR count). The molecule has 0 bridgehead atoms. The van der Waals surface area contributed by atoms with Gasteiger partial charge in [0.1, 0.15) is 12.6 Å². The van der Waals surface area contributed by atoms with Gasteiger partial charge in [-0.2, -0.15) is 0 Å². The third-order valence-electron chi connectivity index (χ3n) is 7.71. The molecule has 0 aromatic heterocycles. The molecule has 4 aromatic rings. The maximum Gasteiger partial charge on any atom is 0.264 e. The van der Waals surface area contributed by atoms with Gasteiger partial charge in [0.05, 0.1) is 10.6 Å². The molecule has 0 fully saturated rings. The van der Waals surface area contributed by atoms with Crippen molar-refractivity contribution in [1.82, 2.24) is 10.2 Å². The quantitative estimate of drug-likeness (QED) is 0.179. The van der Waals surface area contributed by atoms with Crippen LogP contribution in [-0.2, 0) is 32.6 Å². The molecule has 0 saturated carbocycles. The van der Waals surface area contributed by atoms with E-state index in [1.165, 1.54) is 17.0 Å². The molecular weight excluding hydrogens is 629 g/mol. The minimum absolute atomic E-state index is 0.0469. The standard InChI is InChI=1S/C35H37Cl2N3O4S/c1-5-38-35(42)33(20-27-11-7-6-8-12-27)39(22-28-16-17-29(36)21-31(28)37)34(41)23-40(32-13-9-10-25(3)26(32)4)45(43,44)30-18-14-24(2)15-19-30/h6-19,21,33H,5,20,22-23H2,1-4H3,(H,38,42)/t33-/m0/s1. The number of benzene rings is 4. The first-order valence-electron chi connectivity index (χ1n) is 14.6. The lowest BCUT2D eigenvalue weighted by atomic mass is 10.0. The maximum atomic E-state index is 14.5. The Morgan fingerprint density at radius 3 is 2.20 bits per heavy atom. The molecule has 0 spiro atoms. The van der Waals surface area contributed by atoms with Crippen LogP contribution in [0.15, 0.2) is 95.9 Å². The number of hydrogen-bond acceptors (Lipinski definition) is 4. The Hall–Kier alpha value is -3.85. The minimum Gasteiger partial charge on any atom is -0.355 e. The van der Waals surface area contributed by atoms with Gasteiger partial charge in [-0.3, -0.25) is 13.9 Å². The van der Waals surface area contributed by atoms with Crippen molar-refractivity contribution in [3.63, 3.8) is 0 Å². The van der Waals surface area contributed by atoms with Gasteiger partial charge in [0, 0.05) is 29.6 Å². The van der Waals surface area contributed by atoms with E-state index in [0.717, 1.165) is 26.6 Å². The first-order valence-corrected chi connectivity index (χ1v) is 16.8. The number of amides is 2. The largest absolute Gasteiger partial charge is 0.355 e. The Balaban J connectivity index is 1.85. The van der Waals surface area contributed by atoms with Crippen molar-refractivity contribution >= 4 is 50.7 Å². The van der Waals surface area contributed by atoms with E-state index in [1.807, 2.05) is 57.2 Å². The van der Waals surface area contributed by atoms with E-state index in [0.29, 0.717) is 27.8 Å². The number of nitrogens with one attached hydrogen (secondary N) is 1. The first-order chi connectivity index (χ1) is 21.4. The first kappa shape index (κ1) is 34.0. The summed E-state index contributed by atoms with van der Waals surface area (Å²) in [5.74, 6) is -0.927. The molecule has 236 valence electrons. The molecular formula is C35H37Cl2N3O4S. The summed E-state index contributed by atoms with van der Waals surface area (Å²) >= 11 is 12.7. The zero-order valence-electron chi connectivity index (χ0n) is 25.8. The van der Waals surface area contributed by atoms with E-state index in [1.54, 1.807) is 49.4 Å². The fraction of sp³-hybridized carbons (Fsp3) is 0.257.